The molecule has 0 radical (unpaired) electrons. The minimum atomic E-state index is 0.131. The molecule has 0 saturated heterocycles. The van der Waals surface area contributed by atoms with Gasteiger partial charge in [0.05, 0.1) is 0 Å². The first-order valence-corrected chi connectivity index (χ1v) is 7.63. The molecule has 0 aromatic heterocycles. The summed E-state index contributed by atoms with van der Waals surface area (Å²) in [7, 11) is 0. The summed E-state index contributed by atoms with van der Waals surface area (Å²) in [4.78, 5) is 0. The van der Waals surface area contributed by atoms with Gasteiger partial charge in [0, 0.05) is 5.02 Å². The third-order valence-corrected chi connectivity index (χ3v) is 4.10. The van der Waals surface area contributed by atoms with Crippen LogP contribution in [0.25, 0.3) is 21.9 Å². The number of hydrogen-bond donors (Lipinski definition) is 0. The van der Waals surface area contributed by atoms with Crippen LogP contribution in [-0.2, 0) is 5.41 Å². The molecule has 3 rings (SSSR count). The highest BCUT2D eigenvalue weighted by molar-refractivity contribution is 6.30. The highest BCUT2D eigenvalue weighted by Gasteiger charge is 2.18. The van der Waals surface area contributed by atoms with Crippen molar-refractivity contribution in [2.75, 3.05) is 0 Å². The van der Waals surface area contributed by atoms with E-state index in [0.717, 1.165) is 5.02 Å². The van der Waals surface area contributed by atoms with E-state index in [2.05, 4.69) is 63.2 Å². The maximum atomic E-state index is 6.15. The first kappa shape index (κ1) is 14.2. The molecule has 0 saturated carbocycles. The molecule has 106 valence electrons. The summed E-state index contributed by atoms with van der Waals surface area (Å²) in [6.07, 6.45) is 0. The lowest BCUT2D eigenvalue weighted by Crippen LogP contribution is -2.11. The van der Waals surface area contributed by atoms with E-state index in [1.807, 2.05) is 18.2 Å². The van der Waals surface area contributed by atoms with Crippen LogP contribution in [0.15, 0.2) is 60.7 Å². The largest absolute Gasteiger partial charge is 0.0843 e. The van der Waals surface area contributed by atoms with Gasteiger partial charge in [-0.3, -0.25) is 0 Å². The Morgan fingerprint density at radius 2 is 1.48 bits per heavy atom. The van der Waals surface area contributed by atoms with Crippen molar-refractivity contribution in [3.05, 3.63) is 71.2 Å². The second-order valence-electron chi connectivity index (χ2n) is 6.47. The van der Waals surface area contributed by atoms with Gasteiger partial charge in [0.1, 0.15) is 0 Å². The van der Waals surface area contributed by atoms with Gasteiger partial charge in [-0.05, 0) is 45.0 Å². The van der Waals surface area contributed by atoms with Gasteiger partial charge < -0.3 is 0 Å². The summed E-state index contributed by atoms with van der Waals surface area (Å²) in [6.45, 7) is 6.77. The second kappa shape index (κ2) is 5.20. The van der Waals surface area contributed by atoms with Crippen LogP contribution in [0.5, 0.6) is 0 Å². The first-order valence-electron chi connectivity index (χ1n) is 7.25. The lowest BCUT2D eigenvalue weighted by molar-refractivity contribution is 0.596. The summed E-state index contributed by atoms with van der Waals surface area (Å²) in [5.74, 6) is 0. The second-order valence-corrected chi connectivity index (χ2v) is 6.90. The van der Waals surface area contributed by atoms with Crippen LogP contribution in [0, 0.1) is 0 Å². The molecule has 0 heterocycles. The molecular weight excluding hydrogens is 276 g/mol. The predicted octanol–water partition coefficient (Wildman–Crippen LogP) is 6.46. The van der Waals surface area contributed by atoms with Gasteiger partial charge in [0.15, 0.2) is 0 Å². The van der Waals surface area contributed by atoms with Crippen molar-refractivity contribution in [2.24, 2.45) is 0 Å². The molecule has 0 aliphatic carbocycles. The van der Waals surface area contributed by atoms with Gasteiger partial charge in [-0.25, -0.2) is 0 Å². The zero-order chi connectivity index (χ0) is 15.0. The van der Waals surface area contributed by atoms with E-state index >= 15 is 0 Å². The van der Waals surface area contributed by atoms with Crippen LogP contribution < -0.4 is 0 Å². The predicted molar refractivity (Wildman–Crippen MR) is 93.1 cm³/mol. The lowest BCUT2D eigenvalue weighted by Gasteiger charge is -2.22. The number of benzene rings is 3. The van der Waals surface area contributed by atoms with Crippen LogP contribution in [0.4, 0.5) is 0 Å². The summed E-state index contributed by atoms with van der Waals surface area (Å²) in [5, 5.41) is 3.38. The number of rotatable bonds is 1. The molecule has 21 heavy (non-hydrogen) atoms. The van der Waals surface area contributed by atoms with Crippen molar-refractivity contribution in [1.29, 1.82) is 0 Å². The molecule has 0 spiro atoms. The first-order chi connectivity index (χ1) is 9.97. The maximum absolute atomic E-state index is 6.15. The fraction of sp³-hybridized carbons (Fsp3) is 0.200. The van der Waals surface area contributed by atoms with Gasteiger partial charge >= 0.3 is 0 Å². The van der Waals surface area contributed by atoms with Crippen LogP contribution in [0.1, 0.15) is 26.3 Å². The van der Waals surface area contributed by atoms with Crippen molar-refractivity contribution >= 4 is 22.4 Å². The maximum Gasteiger partial charge on any atom is 0.0412 e. The Labute approximate surface area is 131 Å². The van der Waals surface area contributed by atoms with Crippen molar-refractivity contribution in [1.82, 2.24) is 0 Å². The van der Waals surface area contributed by atoms with Gasteiger partial charge in [-0.15, -0.1) is 0 Å². The SMILES string of the molecule is CC(C)(C)c1ccc(-c2cccc(Cl)c2)c2ccccc12. The van der Waals surface area contributed by atoms with Crippen molar-refractivity contribution in [2.45, 2.75) is 26.2 Å². The Balaban J connectivity index is 2.32. The molecule has 3 aromatic rings. The zero-order valence-corrected chi connectivity index (χ0v) is 13.4. The lowest BCUT2D eigenvalue weighted by atomic mass is 9.82. The molecule has 0 bridgehead atoms. The molecule has 0 aliphatic heterocycles. The molecular formula is C20H19Cl. The van der Waals surface area contributed by atoms with E-state index in [4.69, 9.17) is 11.6 Å². The van der Waals surface area contributed by atoms with E-state index < -0.39 is 0 Å². The molecule has 0 fully saturated rings. The Hall–Kier alpha value is -1.79. The highest BCUT2D eigenvalue weighted by atomic mass is 35.5. The smallest absolute Gasteiger partial charge is 0.0412 e. The monoisotopic (exact) mass is 294 g/mol. The average molecular weight is 295 g/mol. The third kappa shape index (κ3) is 2.69. The summed E-state index contributed by atoms with van der Waals surface area (Å²) in [6, 6.07) is 21.1. The molecule has 0 amide bonds. The topological polar surface area (TPSA) is 0 Å². The third-order valence-electron chi connectivity index (χ3n) is 3.87. The fourth-order valence-electron chi connectivity index (χ4n) is 2.86. The van der Waals surface area contributed by atoms with Gasteiger partial charge in [0.2, 0.25) is 0 Å². The van der Waals surface area contributed by atoms with Gasteiger partial charge in [0.25, 0.3) is 0 Å². The van der Waals surface area contributed by atoms with E-state index in [-0.39, 0.29) is 5.41 Å². The molecule has 3 aromatic carbocycles. The van der Waals surface area contributed by atoms with Gasteiger partial charge in [-0.1, -0.05) is 80.9 Å². The van der Waals surface area contributed by atoms with Crippen LogP contribution >= 0.6 is 11.6 Å². The van der Waals surface area contributed by atoms with E-state index in [9.17, 15) is 0 Å². The molecule has 0 N–H and O–H groups in total. The number of halogens is 1. The van der Waals surface area contributed by atoms with Gasteiger partial charge in [-0.2, -0.15) is 0 Å². The van der Waals surface area contributed by atoms with Crippen molar-refractivity contribution in [3.63, 3.8) is 0 Å². The molecule has 0 nitrogen and oxygen atoms in total. The van der Waals surface area contributed by atoms with E-state index in [1.54, 1.807) is 0 Å². The Kier molecular flexibility index (Phi) is 3.51. The quantitative estimate of drug-likeness (QED) is 0.483. The van der Waals surface area contributed by atoms with Crippen molar-refractivity contribution in [3.8, 4) is 11.1 Å². The number of fused-ring (bicyclic) bond motifs is 1. The van der Waals surface area contributed by atoms with E-state index in [1.165, 1.54) is 27.5 Å². The average Bonchev–Trinajstić information content (AvgIpc) is 2.45. The number of hydrogen-bond acceptors (Lipinski definition) is 0. The van der Waals surface area contributed by atoms with Crippen LogP contribution in [0.3, 0.4) is 0 Å². The summed E-state index contributed by atoms with van der Waals surface area (Å²) >= 11 is 6.15. The molecule has 0 atom stereocenters. The minimum absolute atomic E-state index is 0.131. The van der Waals surface area contributed by atoms with Crippen molar-refractivity contribution < 1.29 is 0 Å². The molecule has 0 unspecified atom stereocenters. The normalized spacial score (nSPS) is 11.8. The Morgan fingerprint density at radius 3 is 2.14 bits per heavy atom. The summed E-state index contributed by atoms with van der Waals surface area (Å²) in [5.41, 5.74) is 3.91. The Morgan fingerprint density at radius 1 is 0.762 bits per heavy atom. The highest BCUT2D eigenvalue weighted by Crippen LogP contribution is 2.36. The standard InChI is InChI=1S/C20H19Cl/c1-20(2,3)19-12-11-16(14-7-6-8-15(21)13-14)17-9-4-5-10-18(17)19/h4-13H,1-3H3. The van der Waals surface area contributed by atoms with Crippen LogP contribution in [0.2, 0.25) is 5.02 Å². The minimum Gasteiger partial charge on any atom is -0.0843 e. The van der Waals surface area contributed by atoms with E-state index in [0.29, 0.717) is 0 Å². The van der Waals surface area contributed by atoms with Crippen LogP contribution in [-0.4, -0.2) is 0 Å². The zero-order valence-electron chi connectivity index (χ0n) is 12.7. The Bertz CT molecular complexity index is 794. The summed E-state index contributed by atoms with van der Waals surface area (Å²) < 4.78 is 0. The molecule has 1 heteroatoms. The molecule has 0 aliphatic rings. The fourth-order valence-corrected chi connectivity index (χ4v) is 3.05.